The molecule has 1 aromatic rings. The van der Waals surface area contributed by atoms with Crippen molar-refractivity contribution in [2.24, 2.45) is 0 Å². The first-order chi connectivity index (χ1) is 11.6. The first-order valence-corrected chi connectivity index (χ1v) is 9.29. The maximum absolute atomic E-state index is 12.7. The predicted octanol–water partition coefficient (Wildman–Crippen LogP) is 3.07. The minimum Gasteiger partial charge on any atom is -0.379 e. The third kappa shape index (κ3) is 3.81. The molecular weight excluding hydrogens is 300 g/mol. The summed E-state index contributed by atoms with van der Waals surface area (Å²) in [6, 6.07) is 6.04. The quantitative estimate of drug-likeness (QED) is 0.922. The molecule has 4 nitrogen and oxygen atoms in total. The lowest BCUT2D eigenvalue weighted by Crippen LogP contribution is -2.59. The van der Waals surface area contributed by atoms with Gasteiger partial charge in [0.15, 0.2) is 0 Å². The van der Waals surface area contributed by atoms with E-state index in [0.717, 1.165) is 44.0 Å². The van der Waals surface area contributed by atoms with Crippen LogP contribution in [0.15, 0.2) is 18.2 Å². The van der Waals surface area contributed by atoms with Gasteiger partial charge in [0.05, 0.1) is 13.2 Å². The molecule has 24 heavy (non-hydrogen) atoms. The third-order valence-electron chi connectivity index (χ3n) is 5.67. The zero-order chi connectivity index (χ0) is 17.0. The highest BCUT2D eigenvalue weighted by Gasteiger charge is 2.38. The topological polar surface area (TPSA) is 41.6 Å². The summed E-state index contributed by atoms with van der Waals surface area (Å²) >= 11 is 0. The van der Waals surface area contributed by atoms with E-state index in [1.165, 1.54) is 37.7 Å². The zero-order valence-electron chi connectivity index (χ0n) is 15.1. The van der Waals surface area contributed by atoms with Crippen LogP contribution in [0.1, 0.15) is 53.6 Å². The van der Waals surface area contributed by atoms with Crippen molar-refractivity contribution in [2.75, 3.05) is 32.8 Å². The maximum atomic E-state index is 12.7. The monoisotopic (exact) mass is 330 g/mol. The van der Waals surface area contributed by atoms with Crippen molar-refractivity contribution in [2.45, 2.75) is 51.5 Å². The molecule has 132 valence electrons. The lowest BCUT2D eigenvalue weighted by Gasteiger charge is -2.48. The standard InChI is InChI=1S/C20H30N2O2/c1-16-6-7-18(17(2)14-16)19(23)21-15-20(8-4-3-5-9-20)22-10-12-24-13-11-22/h6-7,14H,3-5,8-13,15H2,1-2H3,(H,21,23). The minimum atomic E-state index is 0.0608. The van der Waals surface area contributed by atoms with Gasteiger partial charge in [-0.3, -0.25) is 9.69 Å². The number of carbonyl (C=O) groups excluding carboxylic acids is 1. The Labute approximate surface area is 145 Å². The van der Waals surface area contributed by atoms with Crippen molar-refractivity contribution in [1.82, 2.24) is 10.2 Å². The van der Waals surface area contributed by atoms with E-state index in [9.17, 15) is 4.79 Å². The van der Waals surface area contributed by atoms with Crippen LogP contribution in [0.2, 0.25) is 0 Å². The number of rotatable bonds is 4. The lowest BCUT2D eigenvalue weighted by molar-refractivity contribution is -0.0361. The Morgan fingerprint density at radius 1 is 1.17 bits per heavy atom. The number of aryl methyl sites for hydroxylation is 2. The van der Waals surface area contributed by atoms with Gasteiger partial charge in [0, 0.05) is 30.7 Å². The Morgan fingerprint density at radius 2 is 1.88 bits per heavy atom. The van der Waals surface area contributed by atoms with Crippen molar-refractivity contribution >= 4 is 5.91 Å². The molecular formula is C20H30N2O2. The molecule has 1 heterocycles. The Kier molecular flexibility index (Phi) is 5.57. The molecule has 0 spiro atoms. The van der Waals surface area contributed by atoms with E-state index in [4.69, 9.17) is 4.74 Å². The average molecular weight is 330 g/mol. The summed E-state index contributed by atoms with van der Waals surface area (Å²) in [4.78, 5) is 15.3. The van der Waals surface area contributed by atoms with E-state index in [1.807, 2.05) is 19.1 Å². The fourth-order valence-electron chi connectivity index (χ4n) is 4.26. The predicted molar refractivity (Wildman–Crippen MR) is 96.5 cm³/mol. The molecule has 1 aliphatic carbocycles. The summed E-state index contributed by atoms with van der Waals surface area (Å²) in [6.07, 6.45) is 6.20. The summed E-state index contributed by atoms with van der Waals surface area (Å²) in [7, 11) is 0. The maximum Gasteiger partial charge on any atom is 0.251 e. The van der Waals surface area contributed by atoms with E-state index in [2.05, 4.69) is 23.2 Å². The SMILES string of the molecule is Cc1ccc(C(=O)NCC2(N3CCOCC3)CCCCC2)c(C)c1. The molecule has 4 heteroatoms. The molecule has 2 fully saturated rings. The van der Waals surface area contributed by atoms with Crippen molar-refractivity contribution in [3.05, 3.63) is 34.9 Å². The van der Waals surface area contributed by atoms with Crippen LogP contribution in [0.25, 0.3) is 0 Å². The van der Waals surface area contributed by atoms with Crippen LogP contribution in [0.4, 0.5) is 0 Å². The molecule has 0 bridgehead atoms. The van der Waals surface area contributed by atoms with E-state index in [0.29, 0.717) is 0 Å². The van der Waals surface area contributed by atoms with E-state index >= 15 is 0 Å². The molecule has 0 aromatic heterocycles. The van der Waals surface area contributed by atoms with E-state index in [1.54, 1.807) is 0 Å². The van der Waals surface area contributed by atoms with Crippen LogP contribution >= 0.6 is 0 Å². The summed E-state index contributed by atoms with van der Waals surface area (Å²) < 4.78 is 5.53. The molecule has 0 radical (unpaired) electrons. The lowest BCUT2D eigenvalue weighted by atomic mass is 9.79. The number of benzene rings is 1. The van der Waals surface area contributed by atoms with Gasteiger partial charge >= 0.3 is 0 Å². The summed E-state index contributed by atoms with van der Waals surface area (Å²) in [5, 5.41) is 3.25. The molecule has 3 rings (SSSR count). The minimum absolute atomic E-state index is 0.0608. The highest BCUT2D eigenvalue weighted by molar-refractivity contribution is 5.95. The summed E-state index contributed by atoms with van der Waals surface area (Å²) in [5.41, 5.74) is 3.17. The largest absolute Gasteiger partial charge is 0.379 e. The molecule has 1 amide bonds. The number of nitrogens with zero attached hydrogens (tertiary/aromatic N) is 1. The van der Waals surface area contributed by atoms with Crippen LogP contribution in [0, 0.1) is 13.8 Å². The number of hydrogen-bond acceptors (Lipinski definition) is 3. The second-order valence-electron chi connectivity index (χ2n) is 7.39. The van der Waals surface area contributed by atoms with Crippen LogP contribution in [-0.4, -0.2) is 49.2 Å². The van der Waals surface area contributed by atoms with Gasteiger partial charge in [0.1, 0.15) is 0 Å². The number of morpholine rings is 1. The molecule has 1 saturated heterocycles. The first-order valence-electron chi connectivity index (χ1n) is 9.29. The Hall–Kier alpha value is -1.39. The Morgan fingerprint density at radius 3 is 2.54 bits per heavy atom. The van der Waals surface area contributed by atoms with Gasteiger partial charge in [-0.05, 0) is 38.3 Å². The third-order valence-corrected chi connectivity index (χ3v) is 5.67. The average Bonchev–Trinajstić information content (AvgIpc) is 2.61. The summed E-state index contributed by atoms with van der Waals surface area (Å²) in [6.45, 7) is 8.42. The second-order valence-corrected chi connectivity index (χ2v) is 7.39. The van der Waals surface area contributed by atoms with Gasteiger partial charge in [0.2, 0.25) is 0 Å². The number of hydrogen-bond donors (Lipinski definition) is 1. The first kappa shape index (κ1) is 17.4. The van der Waals surface area contributed by atoms with Gasteiger partial charge in [0.25, 0.3) is 5.91 Å². The van der Waals surface area contributed by atoms with Crippen molar-refractivity contribution in [3.63, 3.8) is 0 Å². The second kappa shape index (κ2) is 7.66. The molecule has 1 aliphatic heterocycles. The fourth-order valence-corrected chi connectivity index (χ4v) is 4.26. The number of nitrogens with one attached hydrogen (secondary N) is 1. The number of carbonyl (C=O) groups is 1. The normalized spacial score (nSPS) is 21.4. The fraction of sp³-hybridized carbons (Fsp3) is 0.650. The van der Waals surface area contributed by atoms with Gasteiger partial charge in [-0.1, -0.05) is 37.0 Å². The molecule has 2 aliphatic rings. The highest BCUT2D eigenvalue weighted by atomic mass is 16.5. The molecule has 0 unspecified atom stereocenters. The van der Waals surface area contributed by atoms with Gasteiger partial charge in [-0.25, -0.2) is 0 Å². The van der Waals surface area contributed by atoms with Crippen LogP contribution < -0.4 is 5.32 Å². The Balaban J connectivity index is 1.69. The zero-order valence-corrected chi connectivity index (χ0v) is 15.1. The van der Waals surface area contributed by atoms with Gasteiger partial charge in [-0.15, -0.1) is 0 Å². The summed E-state index contributed by atoms with van der Waals surface area (Å²) in [5.74, 6) is 0.0608. The molecule has 1 aromatic carbocycles. The van der Waals surface area contributed by atoms with Crippen LogP contribution in [0.3, 0.4) is 0 Å². The van der Waals surface area contributed by atoms with E-state index < -0.39 is 0 Å². The van der Waals surface area contributed by atoms with Gasteiger partial charge in [-0.2, -0.15) is 0 Å². The van der Waals surface area contributed by atoms with Crippen molar-refractivity contribution in [3.8, 4) is 0 Å². The Bertz CT molecular complexity index is 573. The van der Waals surface area contributed by atoms with Gasteiger partial charge < -0.3 is 10.1 Å². The highest BCUT2D eigenvalue weighted by Crippen LogP contribution is 2.34. The van der Waals surface area contributed by atoms with Crippen molar-refractivity contribution in [1.29, 1.82) is 0 Å². The van der Waals surface area contributed by atoms with Crippen molar-refractivity contribution < 1.29 is 9.53 Å². The van der Waals surface area contributed by atoms with Crippen LogP contribution in [0.5, 0.6) is 0 Å². The number of ether oxygens (including phenoxy) is 1. The smallest absolute Gasteiger partial charge is 0.251 e. The number of amides is 1. The molecule has 1 N–H and O–H groups in total. The molecule has 0 atom stereocenters. The van der Waals surface area contributed by atoms with Crippen LogP contribution in [-0.2, 0) is 4.74 Å². The van der Waals surface area contributed by atoms with E-state index in [-0.39, 0.29) is 11.4 Å². The molecule has 1 saturated carbocycles.